The highest BCUT2D eigenvalue weighted by molar-refractivity contribution is 7.89. The van der Waals surface area contributed by atoms with Gasteiger partial charge < -0.3 is 4.90 Å². The van der Waals surface area contributed by atoms with Crippen LogP contribution < -0.4 is 9.62 Å². The number of likely N-dealkylation sites (tertiary alicyclic amines) is 1. The highest BCUT2D eigenvalue weighted by atomic mass is 32.2. The minimum absolute atomic E-state index is 0.154. The monoisotopic (exact) mass is 359 g/mol. The standard InChI is InChI=1S/C20H26N2O2S/c1-17-10-12-19(13-11-17)25(23,24)21-16-20(18-8-4-2-5-9-18)22-14-6-3-7-15-22/h2,4-5,8-13,20-21H,3,6-7,14-16H2,1H3/p+1/t20-/m0/s1. The quantitative estimate of drug-likeness (QED) is 0.830. The van der Waals surface area contributed by atoms with E-state index >= 15 is 0 Å². The second kappa shape index (κ2) is 8.13. The zero-order chi connectivity index (χ0) is 17.7. The van der Waals surface area contributed by atoms with Gasteiger partial charge in [-0.2, -0.15) is 0 Å². The van der Waals surface area contributed by atoms with Crippen molar-refractivity contribution < 1.29 is 13.3 Å². The van der Waals surface area contributed by atoms with Crippen molar-refractivity contribution in [1.82, 2.24) is 4.72 Å². The van der Waals surface area contributed by atoms with E-state index in [1.807, 2.05) is 37.3 Å². The molecule has 134 valence electrons. The third kappa shape index (κ3) is 4.69. The summed E-state index contributed by atoms with van der Waals surface area (Å²) in [6, 6.07) is 17.4. The summed E-state index contributed by atoms with van der Waals surface area (Å²) in [6.45, 7) is 4.59. The van der Waals surface area contributed by atoms with Crippen molar-refractivity contribution in [3.05, 3.63) is 65.7 Å². The van der Waals surface area contributed by atoms with Crippen LogP contribution in [0.1, 0.15) is 36.4 Å². The molecule has 5 heteroatoms. The fourth-order valence-corrected chi connectivity index (χ4v) is 4.58. The number of benzene rings is 2. The molecule has 0 bridgehead atoms. The van der Waals surface area contributed by atoms with Gasteiger partial charge in [0.25, 0.3) is 0 Å². The third-order valence-corrected chi connectivity index (χ3v) is 6.44. The predicted octanol–water partition coefficient (Wildman–Crippen LogP) is 2.08. The summed E-state index contributed by atoms with van der Waals surface area (Å²) in [7, 11) is -3.48. The summed E-state index contributed by atoms with van der Waals surface area (Å²) in [5.41, 5.74) is 2.25. The number of nitrogens with one attached hydrogen (secondary N) is 2. The molecule has 0 aromatic heterocycles. The van der Waals surface area contributed by atoms with Crippen LogP contribution in [0.15, 0.2) is 59.5 Å². The highest BCUT2D eigenvalue weighted by Crippen LogP contribution is 2.14. The van der Waals surface area contributed by atoms with Crippen LogP contribution in [0, 0.1) is 6.92 Å². The van der Waals surface area contributed by atoms with Crippen LogP contribution >= 0.6 is 0 Å². The number of piperidine rings is 1. The van der Waals surface area contributed by atoms with Gasteiger partial charge >= 0.3 is 0 Å². The van der Waals surface area contributed by atoms with Crippen molar-refractivity contribution in [2.24, 2.45) is 0 Å². The lowest BCUT2D eigenvalue weighted by molar-refractivity contribution is -0.934. The summed E-state index contributed by atoms with van der Waals surface area (Å²) in [4.78, 5) is 1.81. The molecule has 25 heavy (non-hydrogen) atoms. The topological polar surface area (TPSA) is 50.6 Å². The summed E-state index contributed by atoms with van der Waals surface area (Å²) in [5.74, 6) is 0. The summed E-state index contributed by atoms with van der Waals surface area (Å²) in [5, 5.41) is 0. The van der Waals surface area contributed by atoms with Crippen molar-refractivity contribution in [2.75, 3.05) is 19.6 Å². The molecular formula is C20H27N2O2S+. The minimum atomic E-state index is -3.48. The second-order valence-corrected chi connectivity index (χ2v) is 8.61. The van der Waals surface area contributed by atoms with E-state index in [-0.39, 0.29) is 6.04 Å². The van der Waals surface area contributed by atoms with Gasteiger partial charge in [-0.3, -0.25) is 0 Å². The van der Waals surface area contributed by atoms with Gasteiger partial charge in [-0.15, -0.1) is 0 Å². The zero-order valence-corrected chi connectivity index (χ0v) is 15.6. The van der Waals surface area contributed by atoms with Crippen LogP contribution in [0.2, 0.25) is 0 Å². The first-order valence-electron chi connectivity index (χ1n) is 9.02. The number of quaternary nitrogens is 1. The van der Waals surface area contributed by atoms with Crippen LogP contribution in [0.25, 0.3) is 0 Å². The molecular weight excluding hydrogens is 332 g/mol. The van der Waals surface area contributed by atoms with Gasteiger partial charge in [0.1, 0.15) is 6.04 Å². The van der Waals surface area contributed by atoms with Crippen molar-refractivity contribution in [1.29, 1.82) is 0 Å². The average molecular weight is 360 g/mol. The van der Waals surface area contributed by atoms with Crippen LogP contribution in [-0.4, -0.2) is 28.1 Å². The molecule has 3 rings (SSSR count). The predicted molar refractivity (Wildman–Crippen MR) is 100 cm³/mol. The molecule has 0 spiro atoms. The molecule has 0 radical (unpaired) electrons. The van der Waals surface area contributed by atoms with E-state index < -0.39 is 10.0 Å². The van der Waals surface area contributed by atoms with Gasteiger partial charge in [0, 0.05) is 5.56 Å². The van der Waals surface area contributed by atoms with Crippen molar-refractivity contribution in [3.8, 4) is 0 Å². The van der Waals surface area contributed by atoms with Gasteiger partial charge in [0.2, 0.25) is 10.0 Å². The number of sulfonamides is 1. The van der Waals surface area contributed by atoms with E-state index in [9.17, 15) is 8.42 Å². The summed E-state index contributed by atoms with van der Waals surface area (Å²) < 4.78 is 28.1. The average Bonchev–Trinajstić information content (AvgIpc) is 2.64. The Hall–Kier alpha value is -1.69. The molecule has 0 saturated carbocycles. The Balaban J connectivity index is 1.77. The Labute approximate surface area is 150 Å². The van der Waals surface area contributed by atoms with Crippen molar-refractivity contribution >= 4 is 10.0 Å². The van der Waals surface area contributed by atoms with Gasteiger partial charge in [-0.1, -0.05) is 48.0 Å². The number of hydrogen-bond acceptors (Lipinski definition) is 2. The fraction of sp³-hybridized carbons (Fsp3) is 0.400. The van der Waals surface area contributed by atoms with E-state index in [0.717, 1.165) is 18.7 Å². The summed E-state index contributed by atoms with van der Waals surface area (Å²) >= 11 is 0. The van der Waals surface area contributed by atoms with Gasteiger partial charge in [-0.05, 0) is 38.3 Å². The first-order chi connectivity index (χ1) is 12.1. The summed E-state index contributed by atoms with van der Waals surface area (Å²) in [6.07, 6.45) is 3.70. The lowest BCUT2D eigenvalue weighted by Crippen LogP contribution is -3.13. The molecule has 1 saturated heterocycles. The Kier molecular flexibility index (Phi) is 5.89. The zero-order valence-electron chi connectivity index (χ0n) is 14.7. The van der Waals surface area contributed by atoms with Gasteiger partial charge in [0.05, 0.1) is 24.5 Å². The van der Waals surface area contributed by atoms with E-state index in [1.165, 1.54) is 29.7 Å². The second-order valence-electron chi connectivity index (χ2n) is 6.85. The Morgan fingerprint density at radius 3 is 2.24 bits per heavy atom. The highest BCUT2D eigenvalue weighted by Gasteiger charge is 2.27. The Bertz CT molecular complexity index is 767. The van der Waals surface area contributed by atoms with E-state index in [2.05, 4.69) is 16.9 Å². The van der Waals surface area contributed by atoms with E-state index in [1.54, 1.807) is 12.1 Å². The Morgan fingerprint density at radius 1 is 0.960 bits per heavy atom. The van der Waals surface area contributed by atoms with Crippen LogP contribution in [0.5, 0.6) is 0 Å². The number of rotatable bonds is 6. The molecule has 1 fully saturated rings. The van der Waals surface area contributed by atoms with Crippen LogP contribution in [0.4, 0.5) is 0 Å². The van der Waals surface area contributed by atoms with Crippen LogP contribution in [-0.2, 0) is 10.0 Å². The minimum Gasteiger partial charge on any atom is -0.328 e. The number of aryl methyl sites for hydroxylation is 1. The lowest BCUT2D eigenvalue weighted by Gasteiger charge is -2.32. The third-order valence-electron chi connectivity index (χ3n) is 5.00. The molecule has 2 aromatic rings. The molecule has 1 aliphatic heterocycles. The molecule has 2 N–H and O–H groups in total. The maximum atomic E-state index is 12.6. The normalized spacial score (nSPS) is 17.3. The number of hydrogen-bond donors (Lipinski definition) is 2. The first kappa shape index (κ1) is 18.1. The molecule has 0 aliphatic carbocycles. The maximum absolute atomic E-state index is 12.6. The van der Waals surface area contributed by atoms with Crippen molar-refractivity contribution in [2.45, 2.75) is 37.1 Å². The van der Waals surface area contributed by atoms with Crippen molar-refractivity contribution in [3.63, 3.8) is 0 Å². The smallest absolute Gasteiger partial charge is 0.240 e. The molecule has 1 atom stereocenters. The maximum Gasteiger partial charge on any atom is 0.240 e. The van der Waals surface area contributed by atoms with Gasteiger partial charge in [-0.25, -0.2) is 13.1 Å². The first-order valence-corrected chi connectivity index (χ1v) is 10.5. The Morgan fingerprint density at radius 2 is 1.60 bits per heavy atom. The largest absolute Gasteiger partial charge is 0.328 e. The SMILES string of the molecule is Cc1ccc(S(=O)(=O)NC[C@@H](c2ccccc2)[NH+]2CCCCC2)cc1. The van der Waals surface area contributed by atoms with Gasteiger partial charge in [0.15, 0.2) is 0 Å². The molecule has 1 heterocycles. The fourth-order valence-electron chi connectivity index (χ4n) is 3.53. The van der Waals surface area contributed by atoms with E-state index in [0.29, 0.717) is 11.4 Å². The van der Waals surface area contributed by atoms with Crippen LogP contribution in [0.3, 0.4) is 0 Å². The molecule has 2 aromatic carbocycles. The van der Waals surface area contributed by atoms with E-state index in [4.69, 9.17) is 0 Å². The lowest BCUT2D eigenvalue weighted by atomic mass is 10.0. The molecule has 4 nitrogen and oxygen atoms in total. The molecule has 0 unspecified atom stereocenters. The molecule has 0 amide bonds. The molecule has 1 aliphatic rings.